The number of nitrogens with two attached hydrogens (primary N) is 2. The number of hydrogen-bond acceptors (Lipinski definition) is 7. The molecule has 6 N–H and O–H groups in total. The molecule has 0 bridgehead atoms. The molecule has 2 amide bonds. The number of carbonyl (C=O) groups is 2. The van der Waals surface area contributed by atoms with Crippen LogP contribution in [0.3, 0.4) is 0 Å². The highest BCUT2D eigenvalue weighted by Crippen LogP contribution is 2.39. The second kappa shape index (κ2) is 10.2. The van der Waals surface area contributed by atoms with Gasteiger partial charge in [0.15, 0.2) is 0 Å². The number of nitrogens with one attached hydrogen (secondary N) is 2. The fourth-order valence-corrected chi connectivity index (χ4v) is 3.62. The Hall–Kier alpha value is -4.53. The van der Waals surface area contributed by atoms with Gasteiger partial charge in [0.1, 0.15) is 5.69 Å². The molecule has 0 spiro atoms. The minimum Gasteiger partial charge on any atom is -0.404 e. The third-order valence-electron chi connectivity index (χ3n) is 5.74. The molecule has 0 atom stereocenters. The number of carbonyl (C=O) groups excluding carboxylic acids is 2. The molecule has 1 saturated carbocycles. The summed E-state index contributed by atoms with van der Waals surface area (Å²) in [6.07, 6.45) is 10.1. The second-order valence-corrected chi connectivity index (χ2v) is 8.29. The first kappa shape index (κ1) is 23.6. The molecule has 0 radical (unpaired) electrons. The predicted molar refractivity (Wildman–Crippen MR) is 135 cm³/mol. The van der Waals surface area contributed by atoms with Gasteiger partial charge in [0.2, 0.25) is 0 Å². The lowest BCUT2D eigenvalue weighted by Gasteiger charge is -2.12. The first-order chi connectivity index (χ1) is 16.9. The summed E-state index contributed by atoms with van der Waals surface area (Å²) in [5.41, 5.74) is 17.6. The molecular formula is C26H27N7O2. The van der Waals surface area contributed by atoms with Gasteiger partial charge in [0, 0.05) is 59.8 Å². The van der Waals surface area contributed by atoms with Crippen LogP contribution in [0.1, 0.15) is 62.1 Å². The van der Waals surface area contributed by atoms with E-state index in [1.165, 1.54) is 19.4 Å². The van der Waals surface area contributed by atoms with Gasteiger partial charge in [-0.25, -0.2) is 0 Å². The fourth-order valence-electron chi connectivity index (χ4n) is 3.62. The van der Waals surface area contributed by atoms with Crippen molar-refractivity contribution in [3.8, 4) is 0 Å². The summed E-state index contributed by atoms with van der Waals surface area (Å²) in [4.78, 5) is 37.6. The topological polar surface area (TPSA) is 149 Å². The van der Waals surface area contributed by atoms with Crippen LogP contribution in [-0.2, 0) is 0 Å². The molecule has 0 unspecified atom stereocenters. The van der Waals surface area contributed by atoms with E-state index in [9.17, 15) is 9.59 Å². The van der Waals surface area contributed by atoms with Crippen molar-refractivity contribution < 1.29 is 9.59 Å². The molecule has 1 fully saturated rings. The lowest BCUT2D eigenvalue weighted by atomic mass is 10.0. The van der Waals surface area contributed by atoms with Gasteiger partial charge in [0.05, 0.1) is 11.9 Å². The van der Waals surface area contributed by atoms with Gasteiger partial charge in [-0.2, -0.15) is 0 Å². The van der Waals surface area contributed by atoms with Crippen LogP contribution in [0.25, 0.3) is 11.3 Å². The number of hydrogen-bond donors (Lipinski definition) is 4. The summed E-state index contributed by atoms with van der Waals surface area (Å²) in [5.74, 6) is -0.0884. The number of allylic oxidation sites excluding steroid dienone is 2. The number of nitrogens with zero attached hydrogens (tertiary/aromatic N) is 3. The normalized spacial score (nSPS) is 13.9. The Kier molecular flexibility index (Phi) is 6.86. The molecule has 3 heterocycles. The van der Waals surface area contributed by atoms with Crippen molar-refractivity contribution in [2.75, 3.05) is 12.4 Å². The van der Waals surface area contributed by atoms with Crippen LogP contribution in [0.15, 0.2) is 61.2 Å². The average Bonchev–Trinajstić information content (AvgIpc) is 3.73. The monoisotopic (exact) mass is 469 g/mol. The van der Waals surface area contributed by atoms with Crippen LogP contribution in [0.5, 0.6) is 0 Å². The van der Waals surface area contributed by atoms with E-state index >= 15 is 0 Å². The van der Waals surface area contributed by atoms with Crippen LogP contribution in [0.2, 0.25) is 0 Å². The molecule has 3 aromatic heterocycles. The van der Waals surface area contributed by atoms with Crippen molar-refractivity contribution in [3.05, 3.63) is 95.0 Å². The Morgan fingerprint density at radius 1 is 1.03 bits per heavy atom. The van der Waals surface area contributed by atoms with Crippen molar-refractivity contribution in [1.29, 1.82) is 0 Å². The van der Waals surface area contributed by atoms with Crippen LogP contribution in [0.4, 0.5) is 5.69 Å². The number of amides is 2. The summed E-state index contributed by atoms with van der Waals surface area (Å²) in [7, 11) is 1.54. The summed E-state index contributed by atoms with van der Waals surface area (Å²) >= 11 is 0. The first-order valence-corrected chi connectivity index (χ1v) is 11.2. The molecule has 0 aromatic carbocycles. The van der Waals surface area contributed by atoms with E-state index in [0.29, 0.717) is 45.3 Å². The number of anilines is 1. The van der Waals surface area contributed by atoms with E-state index in [1.54, 1.807) is 42.7 Å². The maximum atomic E-state index is 12.8. The van der Waals surface area contributed by atoms with Crippen molar-refractivity contribution in [1.82, 2.24) is 20.3 Å². The van der Waals surface area contributed by atoms with Crippen molar-refractivity contribution in [2.45, 2.75) is 25.7 Å². The van der Waals surface area contributed by atoms with Crippen LogP contribution in [0, 0.1) is 6.92 Å². The lowest BCUT2D eigenvalue weighted by molar-refractivity contribution is 0.0957. The van der Waals surface area contributed by atoms with Crippen molar-refractivity contribution in [2.24, 2.45) is 11.5 Å². The van der Waals surface area contributed by atoms with E-state index in [-0.39, 0.29) is 17.5 Å². The molecule has 9 heteroatoms. The average molecular weight is 470 g/mol. The Balaban J connectivity index is 1.57. The molecule has 1 aliphatic rings. The van der Waals surface area contributed by atoms with Gasteiger partial charge < -0.3 is 22.1 Å². The molecule has 1 aliphatic carbocycles. The van der Waals surface area contributed by atoms with Gasteiger partial charge in [-0.15, -0.1) is 0 Å². The van der Waals surface area contributed by atoms with Gasteiger partial charge >= 0.3 is 0 Å². The third kappa shape index (κ3) is 5.52. The van der Waals surface area contributed by atoms with Crippen LogP contribution in [-0.4, -0.2) is 33.8 Å². The molecule has 178 valence electrons. The molecule has 4 rings (SSSR count). The van der Waals surface area contributed by atoms with Crippen molar-refractivity contribution >= 4 is 28.8 Å². The highest BCUT2D eigenvalue weighted by molar-refractivity contribution is 6.04. The number of pyridine rings is 3. The zero-order chi connectivity index (χ0) is 24.9. The Bertz CT molecular complexity index is 1340. The van der Waals surface area contributed by atoms with Gasteiger partial charge in [-0.3, -0.25) is 24.5 Å². The molecule has 35 heavy (non-hydrogen) atoms. The maximum absolute atomic E-state index is 12.8. The zero-order valence-corrected chi connectivity index (χ0v) is 19.6. The lowest BCUT2D eigenvalue weighted by Crippen LogP contribution is -2.19. The highest BCUT2D eigenvalue weighted by Gasteiger charge is 2.25. The van der Waals surface area contributed by atoms with Gasteiger partial charge in [0.25, 0.3) is 11.8 Å². The van der Waals surface area contributed by atoms with E-state index < -0.39 is 0 Å². The fraction of sp³-hybridized carbons (Fsp3) is 0.192. The smallest absolute Gasteiger partial charge is 0.269 e. The molecular weight excluding hydrogens is 442 g/mol. The molecule has 9 nitrogen and oxygen atoms in total. The second-order valence-electron chi connectivity index (χ2n) is 8.29. The van der Waals surface area contributed by atoms with E-state index in [2.05, 4.69) is 25.6 Å². The molecule has 0 aliphatic heterocycles. The maximum Gasteiger partial charge on any atom is 0.269 e. The molecule has 3 aromatic rings. The van der Waals surface area contributed by atoms with Crippen LogP contribution >= 0.6 is 0 Å². The summed E-state index contributed by atoms with van der Waals surface area (Å²) < 4.78 is 0. The van der Waals surface area contributed by atoms with Crippen molar-refractivity contribution in [3.63, 3.8) is 0 Å². The summed E-state index contributed by atoms with van der Waals surface area (Å²) in [6.45, 7) is 1.83. The number of rotatable bonds is 7. The standard InChI is InChI=1S/C26H27N7O2/c1-15-21(22(28)9-19(13-27)17-5-7-31-24(10-17)26(35)29-2)12-20(14-32-15)33-25(34)18-6-8-30-23(11-18)16-3-4-16/h5-14,16H,3-4,27-28H2,1-2H3,(H,29,35)(H,33,34)/b19-13+,22-9-. The third-order valence-corrected chi connectivity index (χ3v) is 5.74. The summed E-state index contributed by atoms with van der Waals surface area (Å²) in [6, 6.07) is 8.67. The largest absolute Gasteiger partial charge is 0.404 e. The quantitative estimate of drug-likeness (QED) is 0.389. The van der Waals surface area contributed by atoms with Gasteiger partial charge in [-0.05, 0) is 67.3 Å². The first-order valence-electron chi connectivity index (χ1n) is 11.2. The van der Waals surface area contributed by atoms with E-state index in [4.69, 9.17) is 11.5 Å². The minimum absolute atomic E-state index is 0.241. The van der Waals surface area contributed by atoms with E-state index in [1.807, 2.05) is 13.0 Å². The molecule has 0 saturated heterocycles. The van der Waals surface area contributed by atoms with E-state index in [0.717, 1.165) is 18.5 Å². The summed E-state index contributed by atoms with van der Waals surface area (Å²) in [5, 5.41) is 5.43. The van der Waals surface area contributed by atoms with Crippen LogP contribution < -0.4 is 22.1 Å². The highest BCUT2D eigenvalue weighted by atomic mass is 16.2. The predicted octanol–water partition coefficient (Wildman–Crippen LogP) is 2.97. The SMILES string of the molecule is CNC(=O)c1cc(C(/C=C(\N)c2cc(NC(=O)c3ccnc(C4CC4)c3)cnc2C)=C/N)ccn1. The number of aromatic nitrogens is 3. The van der Waals surface area contributed by atoms with Gasteiger partial charge in [-0.1, -0.05) is 0 Å². The minimum atomic E-state index is -0.304. The Labute approximate surface area is 203 Å². The number of aryl methyl sites for hydroxylation is 1. The zero-order valence-electron chi connectivity index (χ0n) is 19.6. The Morgan fingerprint density at radius 3 is 2.49 bits per heavy atom. The Morgan fingerprint density at radius 2 is 1.77 bits per heavy atom.